The maximum atomic E-state index is 12.4. The van der Waals surface area contributed by atoms with Crippen LogP contribution in [0.1, 0.15) is 27.2 Å². The predicted molar refractivity (Wildman–Crippen MR) is 79.3 cm³/mol. The van der Waals surface area contributed by atoms with Crippen LogP contribution in [-0.2, 0) is 14.8 Å². The van der Waals surface area contributed by atoms with Crippen LogP contribution in [0.15, 0.2) is 27.6 Å². The molecule has 118 valence electrons. The van der Waals surface area contributed by atoms with Crippen molar-refractivity contribution < 1.29 is 22.5 Å². The van der Waals surface area contributed by atoms with Crippen molar-refractivity contribution in [2.24, 2.45) is 0 Å². The average Bonchev–Trinajstić information content (AvgIpc) is 2.78. The third kappa shape index (κ3) is 2.96. The number of aromatic nitrogens is 1. The number of aryl methyl sites for hydroxylation is 2. The molecule has 22 heavy (non-hydrogen) atoms. The van der Waals surface area contributed by atoms with Crippen LogP contribution in [0.5, 0.6) is 0 Å². The van der Waals surface area contributed by atoms with E-state index in [4.69, 9.17) is 4.52 Å². The Morgan fingerprint density at radius 2 is 1.95 bits per heavy atom. The average molecular weight is 324 g/mol. The van der Waals surface area contributed by atoms with Crippen LogP contribution < -0.4 is 4.72 Å². The van der Waals surface area contributed by atoms with Gasteiger partial charge in [0.2, 0.25) is 5.88 Å². The van der Waals surface area contributed by atoms with Gasteiger partial charge in [-0.05, 0) is 38.5 Å². The number of carbonyl (C=O) groups excluding carboxylic acids is 1. The summed E-state index contributed by atoms with van der Waals surface area (Å²) < 4.78 is 36.7. The summed E-state index contributed by atoms with van der Waals surface area (Å²) in [6.45, 7) is 5.09. The zero-order valence-corrected chi connectivity index (χ0v) is 13.4. The van der Waals surface area contributed by atoms with Crippen LogP contribution in [0.25, 0.3) is 0 Å². The molecule has 0 aliphatic heterocycles. The van der Waals surface area contributed by atoms with E-state index in [9.17, 15) is 13.2 Å². The molecule has 8 heteroatoms. The summed E-state index contributed by atoms with van der Waals surface area (Å²) in [5.41, 5.74) is 2.01. The van der Waals surface area contributed by atoms with Crippen molar-refractivity contribution in [2.45, 2.75) is 25.7 Å². The predicted octanol–water partition coefficient (Wildman–Crippen LogP) is 2.19. The lowest BCUT2D eigenvalue weighted by Crippen LogP contribution is -2.14. The molecule has 1 heterocycles. The van der Waals surface area contributed by atoms with Crippen molar-refractivity contribution in [3.63, 3.8) is 0 Å². The first kappa shape index (κ1) is 16.0. The standard InChI is InChI=1S/C14H16N2O5S/c1-8-5-6-11(7-12(8)14(17)20-4)22(18,19)16-13-9(2)10(3)15-21-13/h5-7,16H,1-4H3. The topological polar surface area (TPSA) is 98.5 Å². The van der Waals surface area contributed by atoms with Crippen molar-refractivity contribution in [1.82, 2.24) is 5.16 Å². The molecule has 0 saturated heterocycles. The monoisotopic (exact) mass is 324 g/mol. The maximum absolute atomic E-state index is 12.4. The lowest BCUT2D eigenvalue weighted by atomic mass is 10.1. The Hall–Kier alpha value is -2.35. The number of nitrogens with zero attached hydrogens (tertiary/aromatic N) is 1. The van der Waals surface area contributed by atoms with E-state index in [1.807, 2.05) is 0 Å². The summed E-state index contributed by atoms with van der Waals surface area (Å²) in [5, 5.41) is 3.69. The fourth-order valence-electron chi connectivity index (χ4n) is 1.79. The van der Waals surface area contributed by atoms with E-state index in [-0.39, 0.29) is 16.3 Å². The van der Waals surface area contributed by atoms with Crippen molar-refractivity contribution in [2.75, 3.05) is 11.8 Å². The minimum Gasteiger partial charge on any atom is -0.465 e. The number of hydrogen-bond acceptors (Lipinski definition) is 6. The van der Waals surface area contributed by atoms with Crippen LogP contribution >= 0.6 is 0 Å². The lowest BCUT2D eigenvalue weighted by molar-refractivity contribution is 0.0599. The number of esters is 1. The third-order valence-electron chi connectivity index (χ3n) is 3.31. The molecule has 1 aromatic heterocycles. The molecule has 2 aromatic rings. The van der Waals surface area contributed by atoms with Crippen molar-refractivity contribution in [3.8, 4) is 0 Å². The molecule has 0 atom stereocenters. The maximum Gasteiger partial charge on any atom is 0.338 e. The summed E-state index contributed by atoms with van der Waals surface area (Å²) in [5.74, 6) is -0.543. The van der Waals surface area contributed by atoms with Gasteiger partial charge in [-0.1, -0.05) is 11.2 Å². The molecule has 0 radical (unpaired) electrons. The number of sulfonamides is 1. The Morgan fingerprint density at radius 3 is 2.50 bits per heavy atom. The fourth-order valence-corrected chi connectivity index (χ4v) is 2.86. The van der Waals surface area contributed by atoms with Gasteiger partial charge in [-0.3, -0.25) is 0 Å². The first-order valence-corrected chi connectivity index (χ1v) is 7.89. The number of benzene rings is 1. The molecule has 7 nitrogen and oxygen atoms in total. The highest BCUT2D eigenvalue weighted by Gasteiger charge is 2.21. The number of anilines is 1. The van der Waals surface area contributed by atoms with Crippen LogP contribution in [0.4, 0.5) is 5.88 Å². The van der Waals surface area contributed by atoms with Gasteiger partial charge in [-0.2, -0.15) is 0 Å². The number of nitrogens with one attached hydrogen (secondary N) is 1. The van der Waals surface area contributed by atoms with Crippen molar-refractivity contribution in [3.05, 3.63) is 40.6 Å². The molecule has 0 fully saturated rings. The third-order valence-corrected chi connectivity index (χ3v) is 4.64. The first-order chi connectivity index (χ1) is 10.3. The van der Waals surface area contributed by atoms with E-state index in [1.54, 1.807) is 26.8 Å². The van der Waals surface area contributed by atoms with E-state index in [0.717, 1.165) is 0 Å². The molecule has 0 unspecified atom stereocenters. The van der Waals surface area contributed by atoms with Gasteiger partial charge < -0.3 is 9.26 Å². The molecular weight excluding hydrogens is 308 g/mol. The van der Waals surface area contributed by atoms with E-state index < -0.39 is 16.0 Å². The lowest BCUT2D eigenvalue weighted by Gasteiger charge is -2.09. The molecule has 1 N–H and O–H groups in total. The van der Waals surface area contributed by atoms with Crippen molar-refractivity contribution >= 4 is 21.9 Å². The molecule has 1 aromatic carbocycles. The zero-order chi connectivity index (χ0) is 16.5. The summed E-state index contributed by atoms with van der Waals surface area (Å²) in [4.78, 5) is 11.6. The minimum absolute atomic E-state index is 0.0534. The van der Waals surface area contributed by atoms with Gasteiger partial charge in [0.05, 0.1) is 23.3 Å². The molecule has 0 bridgehead atoms. The summed E-state index contributed by atoms with van der Waals surface area (Å²) in [6.07, 6.45) is 0. The Labute approximate surface area is 128 Å². The van der Waals surface area contributed by atoms with E-state index >= 15 is 0 Å². The Balaban J connectivity index is 2.42. The SMILES string of the molecule is COC(=O)c1cc(S(=O)(=O)Nc2onc(C)c2C)ccc1C. The first-order valence-electron chi connectivity index (χ1n) is 6.41. The number of rotatable bonds is 4. The highest BCUT2D eigenvalue weighted by Crippen LogP contribution is 2.23. The molecule has 0 aliphatic carbocycles. The fraction of sp³-hybridized carbons (Fsp3) is 0.286. The quantitative estimate of drug-likeness (QED) is 0.866. The Kier molecular flexibility index (Phi) is 4.23. The summed E-state index contributed by atoms with van der Waals surface area (Å²) >= 11 is 0. The molecule has 0 aliphatic rings. The van der Waals surface area contributed by atoms with Gasteiger partial charge in [-0.15, -0.1) is 0 Å². The second-order valence-electron chi connectivity index (χ2n) is 4.80. The van der Waals surface area contributed by atoms with Gasteiger partial charge in [0, 0.05) is 5.56 Å². The molecule has 0 saturated carbocycles. The van der Waals surface area contributed by atoms with E-state index in [1.165, 1.54) is 19.2 Å². The van der Waals surface area contributed by atoms with Gasteiger partial charge >= 0.3 is 5.97 Å². The van der Waals surface area contributed by atoms with Gasteiger partial charge in [0.25, 0.3) is 10.0 Å². The Bertz CT molecular complexity index is 824. The minimum atomic E-state index is -3.90. The summed E-state index contributed by atoms with van der Waals surface area (Å²) in [7, 11) is -2.66. The van der Waals surface area contributed by atoms with E-state index in [2.05, 4.69) is 14.6 Å². The van der Waals surface area contributed by atoms with Crippen molar-refractivity contribution in [1.29, 1.82) is 0 Å². The highest BCUT2D eigenvalue weighted by atomic mass is 32.2. The second-order valence-corrected chi connectivity index (χ2v) is 6.48. The normalized spacial score (nSPS) is 11.3. The number of methoxy groups -OCH3 is 1. The molecule has 0 amide bonds. The van der Waals surface area contributed by atoms with Gasteiger partial charge in [-0.25, -0.2) is 17.9 Å². The Morgan fingerprint density at radius 1 is 1.27 bits per heavy atom. The number of carbonyl (C=O) groups is 1. The van der Waals surface area contributed by atoms with Gasteiger partial charge in [0.1, 0.15) is 0 Å². The molecule has 0 spiro atoms. The zero-order valence-electron chi connectivity index (χ0n) is 12.6. The summed E-state index contributed by atoms with van der Waals surface area (Å²) in [6, 6.07) is 4.21. The molecular formula is C14H16N2O5S. The van der Waals surface area contributed by atoms with Gasteiger partial charge in [0.15, 0.2) is 0 Å². The van der Waals surface area contributed by atoms with Crippen LogP contribution in [-0.4, -0.2) is 26.7 Å². The largest absolute Gasteiger partial charge is 0.465 e. The van der Waals surface area contributed by atoms with Crippen LogP contribution in [0, 0.1) is 20.8 Å². The van der Waals surface area contributed by atoms with E-state index in [0.29, 0.717) is 16.8 Å². The van der Waals surface area contributed by atoms with Crippen LogP contribution in [0.3, 0.4) is 0 Å². The van der Waals surface area contributed by atoms with Crippen LogP contribution in [0.2, 0.25) is 0 Å². The smallest absolute Gasteiger partial charge is 0.338 e. The number of hydrogen-bond donors (Lipinski definition) is 1. The number of ether oxygens (including phenoxy) is 1. The second kappa shape index (κ2) is 5.80. The highest BCUT2D eigenvalue weighted by molar-refractivity contribution is 7.92. The molecule has 2 rings (SSSR count).